The number of amides is 2. The van der Waals surface area contributed by atoms with E-state index >= 15 is 0 Å². The number of aromatic amines is 1. The molecule has 2 aliphatic rings. The van der Waals surface area contributed by atoms with Crippen molar-refractivity contribution in [3.63, 3.8) is 0 Å². The van der Waals surface area contributed by atoms with Crippen LogP contribution >= 0.6 is 0 Å². The summed E-state index contributed by atoms with van der Waals surface area (Å²) in [6, 6.07) is 9.63. The number of para-hydroxylation sites is 1. The molecule has 2 fully saturated rings. The summed E-state index contributed by atoms with van der Waals surface area (Å²) in [6.07, 6.45) is 7.51. The minimum absolute atomic E-state index is 0.0598. The molecule has 0 aliphatic carbocycles. The summed E-state index contributed by atoms with van der Waals surface area (Å²) in [4.78, 5) is 31.8. The monoisotopic (exact) mass is 423 g/mol. The Kier molecular flexibility index (Phi) is 7.02. The number of nitrogens with one attached hydrogen (secondary N) is 1. The Morgan fingerprint density at radius 2 is 1.81 bits per heavy atom. The van der Waals surface area contributed by atoms with Gasteiger partial charge in [-0.2, -0.15) is 5.10 Å². The molecule has 0 bridgehead atoms. The van der Waals surface area contributed by atoms with Crippen LogP contribution in [0.1, 0.15) is 60.5 Å². The smallest absolute Gasteiger partial charge is 0.261 e. The van der Waals surface area contributed by atoms with Gasteiger partial charge in [0.1, 0.15) is 0 Å². The predicted molar refractivity (Wildman–Crippen MR) is 121 cm³/mol. The van der Waals surface area contributed by atoms with Crippen LogP contribution in [0.3, 0.4) is 0 Å². The SMILES string of the molecule is CN(C(=O)c1cn[nH]c1C1CCN(C(=O)CCCN2CCCC2)CC1)c1ccccc1. The summed E-state index contributed by atoms with van der Waals surface area (Å²) in [6.45, 7) is 4.90. The van der Waals surface area contributed by atoms with E-state index in [1.54, 1.807) is 18.1 Å². The van der Waals surface area contributed by atoms with Gasteiger partial charge in [0.05, 0.1) is 17.5 Å². The summed E-state index contributed by atoms with van der Waals surface area (Å²) in [5.41, 5.74) is 2.38. The van der Waals surface area contributed by atoms with Crippen molar-refractivity contribution >= 4 is 17.5 Å². The van der Waals surface area contributed by atoms with Crippen LogP contribution in [-0.2, 0) is 4.79 Å². The second kappa shape index (κ2) is 10.1. The van der Waals surface area contributed by atoms with E-state index in [1.807, 2.05) is 35.2 Å². The number of piperidine rings is 1. The number of aromatic nitrogens is 2. The van der Waals surface area contributed by atoms with Crippen molar-refractivity contribution in [2.24, 2.45) is 0 Å². The van der Waals surface area contributed by atoms with Crippen LogP contribution in [0.25, 0.3) is 0 Å². The highest BCUT2D eigenvalue weighted by Gasteiger charge is 2.29. The van der Waals surface area contributed by atoms with Gasteiger partial charge in [0.25, 0.3) is 5.91 Å². The molecule has 166 valence electrons. The fourth-order valence-electron chi connectivity index (χ4n) is 4.76. The molecular weight excluding hydrogens is 390 g/mol. The lowest BCUT2D eigenvalue weighted by molar-refractivity contribution is -0.132. The van der Waals surface area contributed by atoms with E-state index in [1.165, 1.54) is 25.9 Å². The number of nitrogens with zero attached hydrogens (tertiary/aromatic N) is 4. The number of H-pyrrole nitrogens is 1. The maximum atomic E-state index is 13.1. The zero-order valence-corrected chi connectivity index (χ0v) is 18.4. The summed E-state index contributed by atoms with van der Waals surface area (Å²) < 4.78 is 0. The third kappa shape index (κ3) is 5.15. The van der Waals surface area contributed by atoms with E-state index in [9.17, 15) is 9.59 Å². The van der Waals surface area contributed by atoms with Crippen molar-refractivity contribution in [3.05, 3.63) is 47.8 Å². The number of carbonyl (C=O) groups excluding carboxylic acids is 2. The molecular formula is C24H33N5O2. The topological polar surface area (TPSA) is 72.5 Å². The van der Waals surface area contributed by atoms with Crippen LogP contribution < -0.4 is 4.90 Å². The lowest BCUT2D eigenvalue weighted by Gasteiger charge is -2.32. The van der Waals surface area contributed by atoms with E-state index in [4.69, 9.17) is 0 Å². The fourth-order valence-corrected chi connectivity index (χ4v) is 4.76. The number of benzene rings is 1. The van der Waals surface area contributed by atoms with Gasteiger partial charge in [0.15, 0.2) is 0 Å². The summed E-state index contributed by atoms with van der Waals surface area (Å²) in [5, 5.41) is 7.23. The van der Waals surface area contributed by atoms with Gasteiger partial charge in [-0.1, -0.05) is 18.2 Å². The first-order chi connectivity index (χ1) is 15.1. The minimum atomic E-state index is -0.0598. The Morgan fingerprint density at radius 3 is 2.52 bits per heavy atom. The number of hydrogen-bond acceptors (Lipinski definition) is 4. The molecule has 1 aromatic heterocycles. The van der Waals surface area contributed by atoms with E-state index in [-0.39, 0.29) is 17.7 Å². The van der Waals surface area contributed by atoms with Crippen molar-refractivity contribution < 1.29 is 9.59 Å². The Labute approximate surface area is 184 Å². The molecule has 1 aromatic carbocycles. The van der Waals surface area contributed by atoms with Gasteiger partial charge in [-0.25, -0.2) is 0 Å². The Balaban J connectivity index is 1.30. The van der Waals surface area contributed by atoms with Crippen LogP contribution in [-0.4, -0.2) is 71.6 Å². The van der Waals surface area contributed by atoms with Gasteiger partial charge in [-0.3, -0.25) is 14.7 Å². The third-order valence-electron chi connectivity index (χ3n) is 6.67. The number of carbonyl (C=O) groups is 2. The van der Waals surface area contributed by atoms with Crippen LogP contribution in [0.4, 0.5) is 5.69 Å². The summed E-state index contributed by atoms with van der Waals surface area (Å²) in [5.74, 6) is 0.428. The van der Waals surface area contributed by atoms with Crippen molar-refractivity contribution in [2.75, 3.05) is 44.7 Å². The molecule has 4 rings (SSSR count). The minimum Gasteiger partial charge on any atom is -0.343 e. The zero-order chi connectivity index (χ0) is 21.6. The normalized spacial score (nSPS) is 17.8. The lowest BCUT2D eigenvalue weighted by Crippen LogP contribution is -2.38. The van der Waals surface area contributed by atoms with Crippen molar-refractivity contribution in [1.82, 2.24) is 20.0 Å². The van der Waals surface area contributed by atoms with E-state index < -0.39 is 0 Å². The van der Waals surface area contributed by atoms with Crippen LogP contribution in [0.5, 0.6) is 0 Å². The average Bonchev–Trinajstić information content (AvgIpc) is 3.51. The summed E-state index contributed by atoms with van der Waals surface area (Å²) >= 11 is 0. The van der Waals surface area contributed by atoms with E-state index in [0.29, 0.717) is 12.0 Å². The Hall–Kier alpha value is -2.67. The maximum Gasteiger partial charge on any atom is 0.261 e. The van der Waals surface area contributed by atoms with Gasteiger partial charge in [-0.05, 0) is 63.9 Å². The quantitative estimate of drug-likeness (QED) is 0.742. The average molecular weight is 424 g/mol. The second-order valence-electron chi connectivity index (χ2n) is 8.70. The molecule has 3 heterocycles. The highest BCUT2D eigenvalue weighted by molar-refractivity contribution is 6.06. The van der Waals surface area contributed by atoms with Gasteiger partial charge in [-0.15, -0.1) is 0 Å². The maximum absolute atomic E-state index is 13.1. The third-order valence-corrected chi connectivity index (χ3v) is 6.67. The molecule has 0 radical (unpaired) electrons. The molecule has 1 N–H and O–H groups in total. The molecule has 2 aliphatic heterocycles. The van der Waals surface area contributed by atoms with Gasteiger partial charge in [0.2, 0.25) is 5.91 Å². The molecule has 2 saturated heterocycles. The number of rotatable bonds is 7. The first-order valence-corrected chi connectivity index (χ1v) is 11.5. The second-order valence-corrected chi connectivity index (χ2v) is 8.70. The van der Waals surface area contributed by atoms with Crippen LogP contribution in [0.15, 0.2) is 36.5 Å². The fraction of sp³-hybridized carbons (Fsp3) is 0.542. The molecule has 2 amide bonds. The first-order valence-electron chi connectivity index (χ1n) is 11.5. The molecule has 0 saturated carbocycles. The molecule has 7 heteroatoms. The molecule has 0 spiro atoms. The molecule has 0 atom stereocenters. The number of likely N-dealkylation sites (tertiary alicyclic amines) is 2. The molecule has 2 aromatic rings. The van der Waals surface area contributed by atoms with E-state index in [2.05, 4.69) is 15.1 Å². The molecule has 0 unspecified atom stereocenters. The van der Waals surface area contributed by atoms with Gasteiger partial charge in [0, 0.05) is 38.2 Å². The molecule has 7 nitrogen and oxygen atoms in total. The highest BCUT2D eigenvalue weighted by Crippen LogP contribution is 2.30. The summed E-state index contributed by atoms with van der Waals surface area (Å²) in [7, 11) is 1.79. The molecule has 31 heavy (non-hydrogen) atoms. The zero-order valence-electron chi connectivity index (χ0n) is 18.4. The van der Waals surface area contributed by atoms with Crippen LogP contribution in [0.2, 0.25) is 0 Å². The Morgan fingerprint density at radius 1 is 1.10 bits per heavy atom. The number of anilines is 1. The van der Waals surface area contributed by atoms with Crippen molar-refractivity contribution in [2.45, 2.75) is 44.4 Å². The lowest BCUT2D eigenvalue weighted by atomic mass is 9.91. The first kappa shape index (κ1) is 21.6. The predicted octanol–water partition coefficient (Wildman–Crippen LogP) is 3.27. The Bertz CT molecular complexity index is 867. The van der Waals surface area contributed by atoms with Crippen molar-refractivity contribution in [3.8, 4) is 0 Å². The van der Waals surface area contributed by atoms with Crippen LogP contribution in [0, 0.1) is 0 Å². The van der Waals surface area contributed by atoms with Gasteiger partial charge < -0.3 is 14.7 Å². The van der Waals surface area contributed by atoms with Crippen molar-refractivity contribution in [1.29, 1.82) is 0 Å². The number of hydrogen-bond donors (Lipinski definition) is 1. The largest absolute Gasteiger partial charge is 0.343 e. The highest BCUT2D eigenvalue weighted by atomic mass is 16.2. The van der Waals surface area contributed by atoms with E-state index in [0.717, 1.165) is 50.3 Å². The van der Waals surface area contributed by atoms with Gasteiger partial charge >= 0.3 is 0 Å². The standard InChI is InChI=1S/C24H33N5O2/c1-27(20-8-3-2-4-9-20)24(31)21-18-25-26-23(21)19-11-16-29(17-12-19)22(30)10-7-15-28-13-5-6-14-28/h2-4,8-9,18-19H,5-7,10-17H2,1H3,(H,25,26).